The molecule has 0 saturated carbocycles. The number of anilines is 1. The fraction of sp³-hybridized carbons (Fsp3) is 0.154. The molecule has 33 heavy (non-hydrogen) atoms. The number of benzene rings is 3. The van der Waals surface area contributed by atoms with Gasteiger partial charge in [-0.15, -0.1) is 0 Å². The van der Waals surface area contributed by atoms with E-state index >= 15 is 0 Å². The zero-order chi connectivity index (χ0) is 23.4. The first kappa shape index (κ1) is 22.0. The Morgan fingerprint density at radius 3 is 2.27 bits per heavy atom. The number of carbonyl (C=O) groups is 1. The molecule has 7 nitrogen and oxygen atoms in total. The third kappa shape index (κ3) is 4.52. The standard InChI is InChI=1S/C26H23NO6/c1-4-32-18-11-8-16(9-12-18)23-15-20(28)19-13-10-17(14-24(19)33-23)27-26(29)25-21(30-2)6-5-7-22(25)31-3/h5-15H,4H2,1-3H3,(H,27,29). The van der Waals surface area contributed by atoms with Crippen LogP contribution in [0.15, 0.2) is 75.9 Å². The predicted molar refractivity (Wildman–Crippen MR) is 127 cm³/mol. The van der Waals surface area contributed by atoms with Crippen molar-refractivity contribution in [1.82, 2.24) is 0 Å². The topological polar surface area (TPSA) is 87.0 Å². The van der Waals surface area contributed by atoms with Gasteiger partial charge in [0.25, 0.3) is 5.91 Å². The molecule has 1 amide bonds. The lowest BCUT2D eigenvalue weighted by Crippen LogP contribution is -2.14. The normalized spacial score (nSPS) is 10.6. The molecule has 0 saturated heterocycles. The van der Waals surface area contributed by atoms with Gasteiger partial charge in [0.1, 0.15) is 34.2 Å². The number of rotatable bonds is 7. The molecule has 0 aliphatic heterocycles. The van der Waals surface area contributed by atoms with E-state index in [0.29, 0.717) is 40.5 Å². The summed E-state index contributed by atoms with van der Waals surface area (Å²) < 4.78 is 22.1. The van der Waals surface area contributed by atoms with Crippen molar-refractivity contribution < 1.29 is 23.4 Å². The smallest absolute Gasteiger partial charge is 0.263 e. The summed E-state index contributed by atoms with van der Waals surface area (Å²) in [5.74, 6) is 1.52. The number of hydrogen-bond acceptors (Lipinski definition) is 6. The van der Waals surface area contributed by atoms with Gasteiger partial charge < -0.3 is 23.9 Å². The lowest BCUT2D eigenvalue weighted by molar-refractivity contribution is 0.102. The fourth-order valence-corrected chi connectivity index (χ4v) is 3.53. The van der Waals surface area contributed by atoms with Crippen LogP contribution < -0.4 is 25.0 Å². The Hall–Kier alpha value is -4.26. The van der Waals surface area contributed by atoms with Gasteiger partial charge in [0.2, 0.25) is 0 Å². The minimum Gasteiger partial charge on any atom is -0.496 e. The lowest BCUT2D eigenvalue weighted by atomic mass is 10.1. The zero-order valence-electron chi connectivity index (χ0n) is 18.5. The Morgan fingerprint density at radius 2 is 1.64 bits per heavy atom. The maximum atomic E-state index is 13.0. The van der Waals surface area contributed by atoms with Crippen LogP contribution in [-0.2, 0) is 0 Å². The third-order valence-corrected chi connectivity index (χ3v) is 5.09. The minimum atomic E-state index is -0.409. The van der Waals surface area contributed by atoms with Gasteiger partial charge in [0.15, 0.2) is 5.43 Å². The summed E-state index contributed by atoms with van der Waals surface area (Å²) >= 11 is 0. The molecular formula is C26H23NO6. The van der Waals surface area contributed by atoms with E-state index in [1.54, 1.807) is 36.4 Å². The largest absolute Gasteiger partial charge is 0.496 e. The first-order chi connectivity index (χ1) is 16.0. The van der Waals surface area contributed by atoms with Crippen LogP contribution in [0.4, 0.5) is 5.69 Å². The van der Waals surface area contributed by atoms with Gasteiger partial charge in [-0.2, -0.15) is 0 Å². The van der Waals surface area contributed by atoms with Crippen molar-refractivity contribution in [2.24, 2.45) is 0 Å². The van der Waals surface area contributed by atoms with Crippen molar-refractivity contribution in [1.29, 1.82) is 0 Å². The van der Waals surface area contributed by atoms with Crippen LogP contribution in [0.3, 0.4) is 0 Å². The highest BCUT2D eigenvalue weighted by Gasteiger charge is 2.19. The Kier molecular flexibility index (Phi) is 6.31. The summed E-state index contributed by atoms with van der Waals surface area (Å²) in [5, 5.41) is 3.24. The number of amides is 1. The van der Waals surface area contributed by atoms with Crippen molar-refractivity contribution in [2.75, 3.05) is 26.1 Å². The average molecular weight is 445 g/mol. The highest BCUT2D eigenvalue weighted by molar-refractivity contribution is 6.08. The summed E-state index contributed by atoms with van der Waals surface area (Å²) in [6.07, 6.45) is 0. The van der Waals surface area contributed by atoms with Crippen LogP contribution in [-0.4, -0.2) is 26.7 Å². The second kappa shape index (κ2) is 9.48. The summed E-state index contributed by atoms with van der Waals surface area (Å²) in [5.41, 5.74) is 1.66. The van der Waals surface area contributed by atoms with E-state index in [1.807, 2.05) is 31.2 Å². The number of nitrogens with one attached hydrogen (secondary N) is 1. The summed E-state index contributed by atoms with van der Waals surface area (Å²) in [7, 11) is 2.97. The number of ether oxygens (including phenoxy) is 3. The van der Waals surface area contributed by atoms with Gasteiger partial charge in [0.05, 0.1) is 26.2 Å². The van der Waals surface area contributed by atoms with E-state index in [2.05, 4.69) is 5.32 Å². The molecule has 1 heterocycles. The molecule has 1 aromatic heterocycles. The van der Waals surface area contributed by atoms with E-state index < -0.39 is 5.91 Å². The van der Waals surface area contributed by atoms with Crippen molar-refractivity contribution in [3.63, 3.8) is 0 Å². The Labute approximate surface area is 190 Å². The Bertz CT molecular complexity index is 1340. The molecule has 4 aromatic rings. The third-order valence-electron chi connectivity index (χ3n) is 5.09. The molecule has 1 N–H and O–H groups in total. The van der Waals surface area contributed by atoms with E-state index in [4.69, 9.17) is 18.6 Å². The SMILES string of the molecule is CCOc1ccc(-c2cc(=O)c3ccc(NC(=O)c4c(OC)cccc4OC)cc3o2)cc1. The molecule has 3 aromatic carbocycles. The maximum absolute atomic E-state index is 13.0. The van der Waals surface area contributed by atoms with E-state index in [9.17, 15) is 9.59 Å². The minimum absolute atomic E-state index is 0.176. The van der Waals surface area contributed by atoms with Crippen LogP contribution in [0.25, 0.3) is 22.3 Å². The average Bonchev–Trinajstić information content (AvgIpc) is 2.83. The van der Waals surface area contributed by atoms with Gasteiger partial charge >= 0.3 is 0 Å². The molecule has 4 rings (SSSR count). The molecular weight excluding hydrogens is 422 g/mol. The van der Waals surface area contributed by atoms with Crippen molar-refractivity contribution in [2.45, 2.75) is 6.92 Å². The van der Waals surface area contributed by atoms with E-state index in [0.717, 1.165) is 11.3 Å². The van der Waals surface area contributed by atoms with Crippen molar-refractivity contribution >= 4 is 22.6 Å². The van der Waals surface area contributed by atoms with Gasteiger partial charge in [0, 0.05) is 23.4 Å². The lowest BCUT2D eigenvalue weighted by Gasteiger charge is -2.13. The molecule has 7 heteroatoms. The molecule has 0 fully saturated rings. The van der Waals surface area contributed by atoms with Gasteiger partial charge in [-0.1, -0.05) is 6.07 Å². The van der Waals surface area contributed by atoms with E-state index in [-0.39, 0.29) is 11.0 Å². The number of methoxy groups -OCH3 is 2. The van der Waals surface area contributed by atoms with Gasteiger partial charge in [-0.25, -0.2) is 0 Å². The second-order valence-electron chi connectivity index (χ2n) is 7.13. The van der Waals surface area contributed by atoms with Crippen molar-refractivity contribution in [3.8, 4) is 28.6 Å². The van der Waals surface area contributed by atoms with E-state index in [1.165, 1.54) is 20.3 Å². The van der Waals surface area contributed by atoms with Crippen LogP contribution in [0.2, 0.25) is 0 Å². The first-order valence-corrected chi connectivity index (χ1v) is 10.4. The first-order valence-electron chi connectivity index (χ1n) is 10.4. The van der Waals surface area contributed by atoms with Gasteiger partial charge in [-0.05, 0) is 55.5 Å². The maximum Gasteiger partial charge on any atom is 0.263 e. The van der Waals surface area contributed by atoms with Crippen LogP contribution in [0.5, 0.6) is 17.2 Å². The molecule has 0 radical (unpaired) electrons. The monoisotopic (exact) mass is 445 g/mol. The number of fused-ring (bicyclic) bond motifs is 1. The molecule has 168 valence electrons. The van der Waals surface area contributed by atoms with Crippen LogP contribution in [0, 0.1) is 0 Å². The summed E-state index contributed by atoms with van der Waals surface area (Å²) in [6.45, 7) is 2.48. The summed E-state index contributed by atoms with van der Waals surface area (Å²) in [6, 6.07) is 18.7. The molecule has 0 aliphatic carbocycles. The molecule has 0 spiro atoms. The quantitative estimate of drug-likeness (QED) is 0.424. The van der Waals surface area contributed by atoms with Gasteiger partial charge in [-0.3, -0.25) is 9.59 Å². The second-order valence-corrected chi connectivity index (χ2v) is 7.13. The molecule has 0 bridgehead atoms. The number of carbonyl (C=O) groups excluding carboxylic acids is 1. The summed E-state index contributed by atoms with van der Waals surface area (Å²) in [4.78, 5) is 25.6. The van der Waals surface area contributed by atoms with Crippen LogP contribution >= 0.6 is 0 Å². The molecule has 0 unspecified atom stereocenters. The Balaban J connectivity index is 1.68. The highest BCUT2D eigenvalue weighted by atomic mass is 16.5. The number of hydrogen-bond donors (Lipinski definition) is 1. The zero-order valence-corrected chi connectivity index (χ0v) is 18.5. The molecule has 0 aliphatic rings. The molecule has 0 atom stereocenters. The van der Waals surface area contributed by atoms with Crippen molar-refractivity contribution in [3.05, 3.63) is 82.5 Å². The Morgan fingerprint density at radius 1 is 0.939 bits per heavy atom. The fourth-order valence-electron chi connectivity index (χ4n) is 3.53. The predicted octanol–water partition coefficient (Wildman–Crippen LogP) is 5.13. The van der Waals surface area contributed by atoms with Crippen LogP contribution in [0.1, 0.15) is 17.3 Å². The highest BCUT2D eigenvalue weighted by Crippen LogP contribution is 2.30.